The summed E-state index contributed by atoms with van der Waals surface area (Å²) >= 11 is 0. The highest BCUT2D eigenvalue weighted by Gasteiger charge is 2.26. The monoisotopic (exact) mass is 245 g/mol. The van der Waals surface area contributed by atoms with Crippen molar-refractivity contribution in [2.24, 2.45) is 11.8 Å². The molecule has 18 heavy (non-hydrogen) atoms. The minimum atomic E-state index is 0.191. The maximum absolute atomic E-state index is 12.5. The molecule has 0 unspecified atom stereocenters. The number of hydrogen-bond donors (Lipinski definition) is 0. The Kier molecular flexibility index (Phi) is 3.74. The van der Waals surface area contributed by atoms with Gasteiger partial charge in [0.1, 0.15) is 0 Å². The van der Waals surface area contributed by atoms with Gasteiger partial charge in [0.2, 0.25) is 0 Å². The Morgan fingerprint density at radius 1 is 1.11 bits per heavy atom. The van der Waals surface area contributed by atoms with Gasteiger partial charge in [-0.3, -0.25) is 4.79 Å². The summed E-state index contributed by atoms with van der Waals surface area (Å²) in [5.41, 5.74) is 3.27. The van der Waals surface area contributed by atoms with Crippen molar-refractivity contribution in [2.45, 2.75) is 34.1 Å². The molecule has 1 heterocycles. The van der Waals surface area contributed by atoms with Gasteiger partial charge in [-0.2, -0.15) is 0 Å². The molecule has 1 fully saturated rings. The first kappa shape index (κ1) is 13.1. The van der Waals surface area contributed by atoms with E-state index in [0.29, 0.717) is 11.8 Å². The molecule has 1 saturated heterocycles. The fourth-order valence-electron chi connectivity index (χ4n) is 2.89. The summed E-state index contributed by atoms with van der Waals surface area (Å²) < 4.78 is 0. The molecule has 2 heteroatoms. The Morgan fingerprint density at radius 3 is 2.28 bits per heavy atom. The molecule has 98 valence electrons. The first-order valence-corrected chi connectivity index (χ1v) is 6.84. The Balaban J connectivity index is 2.17. The maximum Gasteiger partial charge on any atom is 0.253 e. The third kappa shape index (κ3) is 2.74. The molecule has 1 aromatic carbocycles. The van der Waals surface area contributed by atoms with Crippen molar-refractivity contribution in [3.63, 3.8) is 0 Å². The van der Waals surface area contributed by atoms with Gasteiger partial charge in [-0.15, -0.1) is 0 Å². The minimum absolute atomic E-state index is 0.191. The quantitative estimate of drug-likeness (QED) is 0.742. The van der Waals surface area contributed by atoms with E-state index in [0.717, 1.165) is 18.7 Å². The molecular formula is C16H23NO. The van der Waals surface area contributed by atoms with E-state index in [1.807, 2.05) is 23.1 Å². The molecule has 0 aromatic heterocycles. The largest absolute Gasteiger partial charge is 0.338 e. The van der Waals surface area contributed by atoms with Crippen molar-refractivity contribution in [2.75, 3.05) is 13.1 Å². The van der Waals surface area contributed by atoms with Crippen LogP contribution in [0.3, 0.4) is 0 Å². The number of hydrogen-bond acceptors (Lipinski definition) is 1. The maximum atomic E-state index is 12.5. The number of carbonyl (C=O) groups is 1. The van der Waals surface area contributed by atoms with Gasteiger partial charge < -0.3 is 4.90 Å². The zero-order valence-corrected chi connectivity index (χ0v) is 11.9. The lowest BCUT2D eigenvalue weighted by molar-refractivity contribution is 0.0623. The van der Waals surface area contributed by atoms with Gasteiger partial charge in [-0.1, -0.05) is 19.9 Å². The lowest BCUT2D eigenvalue weighted by atomic mass is 9.91. The average molecular weight is 245 g/mol. The van der Waals surface area contributed by atoms with Gasteiger partial charge in [-0.05, 0) is 55.4 Å². The van der Waals surface area contributed by atoms with Crippen molar-refractivity contribution in [1.29, 1.82) is 0 Å². The standard InChI is InChI=1S/C16H23NO/c1-11-7-12(2)10-17(9-11)16(18)15-6-5-13(3)14(4)8-15/h5-6,8,11-12H,7,9-10H2,1-4H3/t11-,12-/m0/s1. The highest BCUT2D eigenvalue weighted by molar-refractivity contribution is 5.94. The van der Waals surface area contributed by atoms with E-state index in [1.165, 1.54) is 17.5 Å². The summed E-state index contributed by atoms with van der Waals surface area (Å²) in [6.07, 6.45) is 1.23. The lowest BCUT2D eigenvalue weighted by Gasteiger charge is -2.35. The van der Waals surface area contributed by atoms with E-state index >= 15 is 0 Å². The zero-order chi connectivity index (χ0) is 13.3. The topological polar surface area (TPSA) is 20.3 Å². The molecule has 2 atom stereocenters. The third-order valence-electron chi connectivity index (χ3n) is 3.91. The SMILES string of the molecule is Cc1ccc(C(=O)N2C[C@@H](C)C[C@H](C)C2)cc1C. The molecule has 2 rings (SSSR count). The summed E-state index contributed by atoms with van der Waals surface area (Å²) in [5, 5.41) is 0. The predicted octanol–water partition coefficient (Wildman–Crippen LogP) is 3.42. The summed E-state index contributed by atoms with van der Waals surface area (Å²) in [4.78, 5) is 14.5. The summed E-state index contributed by atoms with van der Waals surface area (Å²) in [7, 11) is 0. The van der Waals surface area contributed by atoms with Crippen molar-refractivity contribution < 1.29 is 4.79 Å². The molecule has 0 saturated carbocycles. The van der Waals surface area contributed by atoms with Crippen LogP contribution in [-0.4, -0.2) is 23.9 Å². The normalized spacial score (nSPS) is 24.1. The van der Waals surface area contributed by atoms with Crippen LogP contribution in [0.5, 0.6) is 0 Å². The molecule has 2 nitrogen and oxygen atoms in total. The summed E-state index contributed by atoms with van der Waals surface area (Å²) in [5.74, 6) is 1.42. The fraction of sp³-hybridized carbons (Fsp3) is 0.562. The minimum Gasteiger partial charge on any atom is -0.338 e. The van der Waals surface area contributed by atoms with E-state index in [2.05, 4.69) is 27.7 Å². The Labute approximate surface area is 110 Å². The first-order chi connectivity index (χ1) is 8.47. The van der Waals surface area contributed by atoms with Crippen LogP contribution in [0.15, 0.2) is 18.2 Å². The second kappa shape index (κ2) is 5.13. The second-order valence-corrected chi connectivity index (χ2v) is 5.96. The fourth-order valence-corrected chi connectivity index (χ4v) is 2.89. The molecule has 0 aliphatic carbocycles. The van der Waals surface area contributed by atoms with E-state index in [4.69, 9.17) is 0 Å². The van der Waals surface area contributed by atoms with Crippen LogP contribution in [-0.2, 0) is 0 Å². The Hall–Kier alpha value is -1.31. The zero-order valence-electron chi connectivity index (χ0n) is 11.9. The van der Waals surface area contributed by atoms with Crippen LogP contribution >= 0.6 is 0 Å². The average Bonchev–Trinajstić information content (AvgIpc) is 2.30. The summed E-state index contributed by atoms with van der Waals surface area (Å²) in [6, 6.07) is 6.01. The number of benzene rings is 1. The van der Waals surface area contributed by atoms with Crippen LogP contribution < -0.4 is 0 Å². The summed E-state index contributed by atoms with van der Waals surface area (Å²) in [6.45, 7) is 10.4. The molecule has 1 amide bonds. The van der Waals surface area contributed by atoms with Crippen molar-refractivity contribution in [1.82, 2.24) is 4.90 Å². The van der Waals surface area contributed by atoms with E-state index in [1.54, 1.807) is 0 Å². The Bertz CT molecular complexity index is 442. The first-order valence-electron chi connectivity index (χ1n) is 6.84. The number of nitrogens with zero attached hydrogens (tertiary/aromatic N) is 1. The van der Waals surface area contributed by atoms with E-state index < -0.39 is 0 Å². The highest BCUT2D eigenvalue weighted by Crippen LogP contribution is 2.23. The van der Waals surface area contributed by atoms with Gasteiger partial charge in [0, 0.05) is 18.7 Å². The number of piperidine rings is 1. The molecule has 0 N–H and O–H groups in total. The van der Waals surface area contributed by atoms with Gasteiger partial charge in [-0.25, -0.2) is 0 Å². The van der Waals surface area contributed by atoms with Crippen molar-refractivity contribution in [3.8, 4) is 0 Å². The van der Waals surface area contributed by atoms with Crippen LogP contribution in [0.2, 0.25) is 0 Å². The molecule has 1 aliphatic rings. The van der Waals surface area contributed by atoms with Gasteiger partial charge in [0.05, 0.1) is 0 Å². The van der Waals surface area contributed by atoms with Crippen molar-refractivity contribution >= 4 is 5.91 Å². The molecule has 0 spiro atoms. The number of likely N-dealkylation sites (tertiary alicyclic amines) is 1. The molecule has 0 radical (unpaired) electrons. The van der Waals surface area contributed by atoms with Crippen LogP contribution in [0.25, 0.3) is 0 Å². The molecule has 1 aromatic rings. The lowest BCUT2D eigenvalue weighted by Crippen LogP contribution is -2.42. The Morgan fingerprint density at radius 2 is 1.72 bits per heavy atom. The van der Waals surface area contributed by atoms with E-state index in [9.17, 15) is 4.79 Å². The second-order valence-electron chi connectivity index (χ2n) is 5.96. The van der Waals surface area contributed by atoms with Crippen LogP contribution in [0.4, 0.5) is 0 Å². The van der Waals surface area contributed by atoms with Gasteiger partial charge in [0.15, 0.2) is 0 Å². The number of rotatable bonds is 1. The van der Waals surface area contributed by atoms with E-state index in [-0.39, 0.29) is 5.91 Å². The highest BCUT2D eigenvalue weighted by atomic mass is 16.2. The third-order valence-corrected chi connectivity index (χ3v) is 3.91. The van der Waals surface area contributed by atoms with Gasteiger partial charge >= 0.3 is 0 Å². The van der Waals surface area contributed by atoms with Crippen LogP contribution in [0, 0.1) is 25.7 Å². The van der Waals surface area contributed by atoms with Crippen LogP contribution in [0.1, 0.15) is 41.8 Å². The molecular weight excluding hydrogens is 222 g/mol. The number of amides is 1. The van der Waals surface area contributed by atoms with Gasteiger partial charge in [0.25, 0.3) is 5.91 Å². The predicted molar refractivity (Wildman–Crippen MR) is 74.8 cm³/mol. The number of carbonyl (C=O) groups excluding carboxylic acids is 1. The number of aryl methyl sites for hydroxylation is 2. The smallest absolute Gasteiger partial charge is 0.253 e. The molecule has 0 bridgehead atoms. The van der Waals surface area contributed by atoms with Crippen molar-refractivity contribution in [3.05, 3.63) is 34.9 Å². The molecule has 1 aliphatic heterocycles.